The van der Waals surface area contributed by atoms with Gasteiger partial charge in [-0.2, -0.15) is 13.2 Å². The normalized spacial score (nSPS) is 11.4. The van der Waals surface area contributed by atoms with Crippen molar-refractivity contribution in [1.82, 2.24) is 9.38 Å². The number of carbonyl (C=O) groups excluding carboxylic acids is 1. The number of nitrogens with zero attached hydrogens (tertiary/aromatic N) is 3. The van der Waals surface area contributed by atoms with Crippen LogP contribution in [0.15, 0.2) is 29.4 Å². The highest BCUT2D eigenvalue weighted by atomic mass is 19.4. The van der Waals surface area contributed by atoms with Crippen LogP contribution in [0.1, 0.15) is 5.82 Å². The Morgan fingerprint density at radius 1 is 1.38 bits per heavy atom. The van der Waals surface area contributed by atoms with Gasteiger partial charge in [-0.3, -0.25) is 4.40 Å². The van der Waals surface area contributed by atoms with E-state index >= 15 is 0 Å². The summed E-state index contributed by atoms with van der Waals surface area (Å²) >= 11 is 0. The summed E-state index contributed by atoms with van der Waals surface area (Å²) in [4.78, 5) is 16.6. The molecule has 0 spiro atoms. The first-order valence-corrected chi connectivity index (χ1v) is 4.15. The number of isocyanates is 1. The summed E-state index contributed by atoms with van der Waals surface area (Å²) in [7, 11) is 0. The molecule has 0 aliphatic heterocycles. The molecule has 0 amide bonds. The molecule has 0 aliphatic carbocycles. The standard InChI is InChI=1S/C9H4F3N3O/c10-9(11,12)8-13-4-6-2-1-3-7(14-5-16)15(6)8/h1-4H. The lowest BCUT2D eigenvalue weighted by Gasteiger charge is -2.06. The molecule has 0 saturated heterocycles. The molecule has 0 aliphatic rings. The molecule has 2 aromatic heterocycles. The van der Waals surface area contributed by atoms with Gasteiger partial charge in [0.2, 0.25) is 11.9 Å². The summed E-state index contributed by atoms with van der Waals surface area (Å²) in [6.45, 7) is 0. The Labute approximate surface area is 87.1 Å². The van der Waals surface area contributed by atoms with Crippen molar-refractivity contribution >= 4 is 17.4 Å². The van der Waals surface area contributed by atoms with Gasteiger partial charge in [0.25, 0.3) is 0 Å². The predicted molar refractivity (Wildman–Crippen MR) is 48.0 cm³/mol. The van der Waals surface area contributed by atoms with Crippen molar-refractivity contribution in [2.75, 3.05) is 0 Å². The third-order valence-corrected chi connectivity index (χ3v) is 1.94. The lowest BCUT2D eigenvalue weighted by molar-refractivity contribution is -0.145. The number of pyridine rings is 1. The summed E-state index contributed by atoms with van der Waals surface area (Å²) in [5.74, 6) is -1.27. The van der Waals surface area contributed by atoms with Crippen molar-refractivity contribution in [1.29, 1.82) is 0 Å². The van der Waals surface area contributed by atoms with Crippen LogP contribution in [0.25, 0.3) is 5.52 Å². The second kappa shape index (κ2) is 3.46. The van der Waals surface area contributed by atoms with Crippen LogP contribution in [0.2, 0.25) is 0 Å². The average molecular weight is 227 g/mol. The third kappa shape index (κ3) is 1.57. The van der Waals surface area contributed by atoms with E-state index in [1.54, 1.807) is 0 Å². The summed E-state index contributed by atoms with van der Waals surface area (Å²) in [5, 5.41) is 0. The largest absolute Gasteiger partial charge is 0.450 e. The minimum atomic E-state index is -4.60. The highest BCUT2D eigenvalue weighted by Crippen LogP contribution is 2.31. The highest BCUT2D eigenvalue weighted by molar-refractivity contribution is 5.56. The van der Waals surface area contributed by atoms with E-state index < -0.39 is 12.0 Å². The van der Waals surface area contributed by atoms with Crippen LogP contribution >= 0.6 is 0 Å². The van der Waals surface area contributed by atoms with Crippen LogP contribution in [-0.4, -0.2) is 15.5 Å². The van der Waals surface area contributed by atoms with Gasteiger partial charge >= 0.3 is 6.18 Å². The van der Waals surface area contributed by atoms with Crippen LogP contribution in [0.5, 0.6) is 0 Å². The zero-order valence-corrected chi connectivity index (χ0v) is 7.69. The van der Waals surface area contributed by atoms with Gasteiger partial charge in [-0.15, -0.1) is 4.99 Å². The molecule has 2 rings (SSSR count). The molecule has 0 saturated carbocycles. The number of rotatable bonds is 1. The topological polar surface area (TPSA) is 46.7 Å². The number of halogens is 3. The first-order valence-electron chi connectivity index (χ1n) is 4.15. The van der Waals surface area contributed by atoms with Gasteiger partial charge in [0.1, 0.15) is 0 Å². The maximum absolute atomic E-state index is 12.5. The van der Waals surface area contributed by atoms with E-state index in [-0.39, 0.29) is 11.3 Å². The minimum Gasteiger partial charge on any atom is -0.273 e. The molecule has 0 bridgehead atoms. The minimum absolute atomic E-state index is 0.155. The second-order valence-electron chi connectivity index (χ2n) is 2.93. The summed E-state index contributed by atoms with van der Waals surface area (Å²) in [5.41, 5.74) is 0.212. The van der Waals surface area contributed by atoms with Crippen LogP contribution in [0.3, 0.4) is 0 Å². The van der Waals surface area contributed by atoms with Crippen LogP contribution < -0.4 is 0 Å². The Kier molecular flexibility index (Phi) is 2.25. The number of fused-ring (bicyclic) bond motifs is 1. The van der Waals surface area contributed by atoms with Gasteiger partial charge in [0.15, 0.2) is 5.82 Å². The third-order valence-electron chi connectivity index (χ3n) is 1.94. The van der Waals surface area contributed by atoms with Gasteiger partial charge < -0.3 is 0 Å². The Bertz CT molecular complexity index is 581. The Morgan fingerprint density at radius 2 is 2.12 bits per heavy atom. The predicted octanol–water partition coefficient (Wildman–Crippen LogP) is 2.32. The van der Waals surface area contributed by atoms with Gasteiger partial charge in [-0.25, -0.2) is 9.78 Å². The van der Waals surface area contributed by atoms with Crippen molar-refractivity contribution < 1.29 is 18.0 Å². The van der Waals surface area contributed by atoms with E-state index in [1.807, 2.05) is 0 Å². The Hall–Kier alpha value is -2.14. The van der Waals surface area contributed by atoms with Crippen LogP contribution in [-0.2, 0) is 11.0 Å². The van der Waals surface area contributed by atoms with Crippen molar-refractivity contribution in [3.63, 3.8) is 0 Å². The fourth-order valence-corrected chi connectivity index (χ4v) is 1.36. The number of imidazole rings is 1. The second-order valence-corrected chi connectivity index (χ2v) is 2.93. The number of hydrogen-bond acceptors (Lipinski definition) is 3. The smallest absolute Gasteiger partial charge is 0.273 e. The fourth-order valence-electron chi connectivity index (χ4n) is 1.36. The van der Waals surface area contributed by atoms with Crippen LogP contribution in [0.4, 0.5) is 19.0 Å². The van der Waals surface area contributed by atoms with Gasteiger partial charge in [-0.05, 0) is 12.1 Å². The molecule has 0 radical (unpaired) electrons. The molecule has 4 nitrogen and oxygen atoms in total. The Morgan fingerprint density at radius 3 is 2.75 bits per heavy atom. The molecular formula is C9H4F3N3O. The first-order chi connectivity index (χ1) is 7.54. The first kappa shape index (κ1) is 10.4. The van der Waals surface area contributed by atoms with Crippen molar-refractivity contribution in [3.8, 4) is 0 Å². The highest BCUT2D eigenvalue weighted by Gasteiger charge is 2.36. The van der Waals surface area contributed by atoms with E-state index in [9.17, 15) is 18.0 Å². The van der Waals surface area contributed by atoms with E-state index in [0.717, 1.165) is 10.6 Å². The molecule has 16 heavy (non-hydrogen) atoms. The molecule has 0 aromatic carbocycles. The number of hydrogen-bond donors (Lipinski definition) is 0. The quantitative estimate of drug-likeness (QED) is 0.554. The maximum atomic E-state index is 12.5. The van der Waals surface area contributed by atoms with Crippen molar-refractivity contribution in [2.24, 2.45) is 4.99 Å². The zero-order valence-electron chi connectivity index (χ0n) is 7.69. The Balaban J connectivity index is 2.83. The van der Waals surface area contributed by atoms with Crippen LogP contribution in [0, 0.1) is 0 Å². The van der Waals surface area contributed by atoms with E-state index in [4.69, 9.17) is 0 Å². The maximum Gasteiger partial charge on any atom is 0.450 e. The molecule has 0 N–H and O–H groups in total. The molecule has 0 unspecified atom stereocenters. The van der Waals surface area contributed by atoms with Crippen molar-refractivity contribution in [2.45, 2.75) is 6.18 Å². The van der Waals surface area contributed by atoms with E-state index in [2.05, 4.69) is 9.98 Å². The summed E-state index contributed by atoms with van der Waals surface area (Å²) in [6.07, 6.45) is -2.33. The fraction of sp³-hybridized carbons (Fsp3) is 0.111. The summed E-state index contributed by atoms with van der Waals surface area (Å²) < 4.78 is 38.4. The lowest BCUT2D eigenvalue weighted by atomic mass is 10.4. The molecule has 2 heterocycles. The van der Waals surface area contributed by atoms with Gasteiger partial charge in [-0.1, -0.05) is 6.07 Å². The molecule has 2 aromatic rings. The van der Waals surface area contributed by atoms with Gasteiger partial charge in [0.05, 0.1) is 11.7 Å². The molecule has 82 valence electrons. The van der Waals surface area contributed by atoms with E-state index in [1.165, 1.54) is 24.3 Å². The monoisotopic (exact) mass is 227 g/mol. The average Bonchev–Trinajstić information content (AvgIpc) is 2.62. The number of alkyl halides is 3. The van der Waals surface area contributed by atoms with Gasteiger partial charge in [0, 0.05) is 0 Å². The SMILES string of the molecule is O=C=Nc1cccc2cnc(C(F)(F)F)n12. The molecule has 0 atom stereocenters. The molecular weight excluding hydrogens is 223 g/mol. The number of aromatic nitrogens is 2. The summed E-state index contributed by atoms with van der Waals surface area (Å²) in [6, 6.07) is 4.19. The number of aliphatic imine (C=N–C) groups is 1. The lowest BCUT2D eigenvalue weighted by Crippen LogP contribution is -2.10. The zero-order chi connectivity index (χ0) is 11.8. The van der Waals surface area contributed by atoms with E-state index in [0.29, 0.717) is 0 Å². The van der Waals surface area contributed by atoms with Crippen molar-refractivity contribution in [3.05, 3.63) is 30.2 Å². The molecule has 7 heteroatoms. The molecule has 0 fully saturated rings.